The largest absolute Gasteiger partial charge is 0.320 e. The number of halogens is 1. The van der Waals surface area contributed by atoms with Gasteiger partial charge in [-0.2, -0.15) is 0 Å². The lowest BCUT2D eigenvalue weighted by molar-refractivity contribution is 0.102. The van der Waals surface area contributed by atoms with Gasteiger partial charge < -0.3 is 10.3 Å². The zero-order valence-corrected chi connectivity index (χ0v) is 12.6. The van der Waals surface area contributed by atoms with Gasteiger partial charge in [0.05, 0.1) is 0 Å². The van der Waals surface area contributed by atoms with Crippen LogP contribution in [0.15, 0.2) is 53.3 Å². The van der Waals surface area contributed by atoms with Gasteiger partial charge in [0.15, 0.2) is 0 Å². The maximum atomic E-state index is 12.3. The van der Waals surface area contributed by atoms with E-state index in [1.807, 2.05) is 13.0 Å². The second-order valence-electron chi connectivity index (χ2n) is 4.97. The Morgan fingerprint density at radius 1 is 1.14 bits per heavy atom. The Labute approximate surface area is 131 Å². The van der Waals surface area contributed by atoms with Crippen molar-refractivity contribution in [1.82, 2.24) is 4.98 Å². The number of carbonyl (C=O) groups excluding carboxylic acids is 1. The highest BCUT2D eigenvalue weighted by Crippen LogP contribution is 2.23. The van der Waals surface area contributed by atoms with Crippen molar-refractivity contribution in [2.75, 3.05) is 5.32 Å². The number of aromatic amines is 1. The molecule has 0 fully saturated rings. The van der Waals surface area contributed by atoms with Crippen molar-refractivity contribution in [2.24, 2.45) is 0 Å². The number of benzene rings is 2. The van der Waals surface area contributed by atoms with Crippen LogP contribution in [0.1, 0.15) is 16.1 Å². The van der Waals surface area contributed by atoms with E-state index in [9.17, 15) is 9.59 Å². The molecule has 0 bridgehead atoms. The van der Waals surface area contributed by atoms with Crippen molar-refractivity contribution in [3.63, 3.8) is 0 Å². The molecule has 0 aliphatic heterocycles. The second kappa shape index (κ2) is 5.66. The summed E-state index contributed by atoms with van der Waals surface area (Å²) >= 11 is 6.04. The van der Waals surface area contributed by atoms with Gasteiger partial charge in [-0.25, -0.2) is 0 Å². The van der Waals surface area contributed by atoms with Gasteiger partial charge in [0.25, 0.3) is 11.5 Å². The summed E-state index contributed by atoms with van der Waals surface area (Å²) in [4.78, 5) is 27.0. The summed E-state index contributed by atoms with van der Waals surface area (Å²) in [5.41, 5.74) is 1.32. The number of hydrogen-bond acceptors (Lipinski definition) is 2. The Kier molecular flexibility index (Phi) is 3.69. The number of fused-ring (bicyclic) bond motifs is 1. The maximum absolute atomic E-state index is 12.3. The van der Waals surface area contributed by atoms with E-state index in [0.717, 1.165) is 10.9 Å². The summed E-state index contributed by atoms with van der Waals surface area (Å²) in [6.45, 7) is 1.82. The fraction of sp³-hybridized carbons (Fsp3) is 0.0588. The molecule has 0 saturated carbocycles. The van der Waals surface area contributed by atoms with Gasteiger partial charge >= 0.3 is 0 Å². The van der Waals surface area contributed by atoms with Gasteiger partial charge in [-0.15, -0.1) is 0 Å². The molecule has 0 aliphatic carbocycles. The summed E-state index contributed by atoms with van der Waals surface area (Å²) in [5.74, 6) is -0.381. The lowest BCUT2D eigenvalue weighted by atomic mass is 10.1. The smallest absolute Gasteiger partial charge is 0.272 e. The minimum absolute atomic E-state index is 0.211. The third kappa shape index (κ3) is 2.61. The standard InChI is InChI=1S/C17H13ClN2O2/c1-10-13(18)7-4-8-14(10)19-17(22)15-9-11-5-2-3-6-12(11)16(21)20-15/h2-9H,1H3,(H,19,22)(H,20,21). The molecule has 1 heterocycles. The van der Waals surface area contributed by atoms with E-state index < -0.39 is 0 Å². The molecular weight excluding hydrogens is 300 g/mol. The molecule has 1 amide bonds. The third-order valence-corrected chi connectivity index (χ3v) is 3.92. The molecule has 0 radical (unpaired) electrons. The third-order valence-electron chi connectivity index (χ3n) is 3.51. The van der Waals surface area contributed by atoms with Gasteiger partial charge in [0.1, 0.15) is 5.69 Å². The Morgan fingerprint density at radius 2 is 1.91 bits per heavy atom. The van der Waals surface area contributed by atoms with Crippen LogP contribution in [0.4, 0.5) is 5.69 Å². The first kappa shape index (κ1) is 14.4. The van der Waals surface area contributed by atoms with Gasteiger partial charge in [0, 0.05) is 16.1 Å². The van der Waals surface area contributed by atoms with Gasteiger partial charge in [-0.05, 0) is 42.1 Å². The van der Waals surface area contributed by atoms with Crippen LogP contribution in [0.3, 0.4) is 0 Å². The zero-order chi connectivity index (χ0) is 15.7. The average molecular weight is 313 g/mol. The maximum Gasteiger partial charge on any atom is 0.272 e. The van der Waals surface area contributed by atoms with Crippen molar-refractivity contribution in [2.45, 2.75) is 6.92 Å². The molecule has 3 rings (SSSR count). The Hall–Kier alpha value is -2.59. The molecular formula is C17H13ClN2O2. The second-order valence-corrected chi connectivity index (χ2v) is 5.37. The highest BCUT2D eigenvalue weighted by molar-refractivity contribution is 6.31. The predicted molar refractivity (Wildman–Crippen MR) is 88.7 cm³/mol. The fourth-order valence-corrected chi connectivity index (χ4v) is 2.44. The summed E-state index contributed by atoms with van der Waals surface area (Å²) < 4.78 is 0. The number of carbonyl (C=O) groups is 1. The summed E-state index contributed by atoms with van der Waals surface area (Å²) in [5, 5.41) is 4.61. The highest BCUT2D eigenvalue weighted by Gasteiger charge is 2.11. The number of aromatic nitrogens is 1. The minimum atomic E-state index is -0.381. The molecule has 0 spiro atoms. The number of nitrogens with one attached hydrogen (secondary N) is 2. The van der Waals surface area contributed by atoms with Crippen LogP contribution in [-0.4, -0.2) is 10.9 Å². The number of pyridine rings is 1. The van der Waals surface area contributed by atoms with Crippen molar-refractivity contribution >= 4 is 34.0 Å². The minimum Gasteiger partial charge on any atom is -0.320 e. The van der Waals surface area contributed by atoms with Crippen LogP contribution >= 0.6 is 11.6 Å². The highest BCUT2D eigenvalue weighted by atomic mass is 35.5. The molecule has 2 N–H and O–H groups in total. The molecule has 0 unspecified atom stereocenters. The van der Waals surface area contributed by atoms with Crippen molar-refractivity contribution < 1.29 is 4.79 Å². The van der Waals surface area contributed by atoms with Crippen LogP contribution in [-0.2, 0) is 0 Å². The van der Waals surface area contributed by atoms with E-state index in [4.69, 9.17) is 11.6 Å². The topological polar surface area (TPSA) is 62.0 Å². The van der Waals surface area contributed by atoms with Crippen LogP contribution in [0.2, 0.25) is 5.02 Å². The summed E-state index contributed by atoms with van der Waals surface area (Å²) in [6.07, 6.45) is 0. The van der Waals surface area contributed by atoms with E-state index >= 15 is 0 Å². The molecule has 1 aromatic heterocycles. The fourth-order valence-electron chi connectivity index (χ4n) is 2.27. The van der Waals surface area contributed by atoms with E-state index in [-0.39, 0.29) is 17.2 Å². The molecule has 0 saturated heterocycles. The number of anilines is 1. The average Bonchev–Trinajstić information content (AvgIpc) is 2.52. The molecule has 3 aromatic rings. The SMILES string of the molecule is Cc1c(Cl)cccc1NC(=O)c1cc2ccccc2c(=O)[nH]1. The molecule has 0 atom stereocenters. The quantitative estimate of drug-likeness (QED) is 0.757. The van der Waals surface area contributed by atoms with E-state index in [1.165, 1.54) is 0 Å². The number of H-pyrrole nitrogens is 1. The Bertz CT molecular complexity index is 931. The van der Waals surface area contributed by atoms with Crippen LogP contribution < -0.4 is 10.9 Å². The first-order chi connectivity index (χ1) is 10.6. The van der Waals surface area contributed by atoms with Crippen LogP contribution in [0, 0.1) is 6.92 Å². The van der Waals surface area contributed by atoms with Crippen LogP contribution in [0.5, 0.6) is 0 Å². The number of hydrogen-bond donors (Lipinski definition) is 2. The lowest BCUT2D eigenvalue weighted by Crippen LogP contribution is -2.19. The molecule has 22 heavy (non-hydrogen) atoms. The Balaban J connectivity index is 1.99. The molecule has 2 aromatic carbocycles. The zero-order valence-electron chi connectivity index (χ0n) is 11.8. The van der Waals surface area contributed by atoms with E-state index in [2.05, 4.69) is 10.3 Å². The molecule has 5 heteroatoms. The van der Waals surface area contributed by atoms with Crippen molar-refractivity contribution in [1.29, 1.82) is 0 Å². The molecule has 110 valence electrons. The monoisotopic (exact) mass is 312 g/mol. The van der Waals surface area contributed by atoms with E-state index in [1.54, 1.807) is 42.5 Å². The molecule has 0 aliphatic rings. The Morgan fingerprint density at radius 3 is 2.73 bits per heavy atom. The van der Waals surface area contributed by atoms with Crippen molar-refractivity contribution in [3.05, 3.63) is 75.2 Å². The predicted octanol–water partition coefficient (Wildman–Crippen LogP) is 3.74. The van der Waals surface area contributed by atoms with Crippen molar-refractivity contribution in [3.8, 4) is 0 Å². The number of rotatable bonds is 2. The first-order valence-corrected chi connectivity index (χ1v) is 7.12. The van der Waals surface area contributed by atoms with Crippen LogP contribution in [0.25, 0.3) is 10.8 Å². The van der Waals surface area contributed by atoms with Gasteiger partial charge in [-0.1, -0.05) is 35.9 Å². The summed E-state index contributed by atoms with van der Waals surface area (Å²) in [7, 11) is 0. The lowest BCUT2D eigenvalue weighted by Gasteiger charge is -2.09. The normalized spacial score (nSPS) is 10.6. The van der Waals surface area contributed by atoms with Gasteiger partial charge in [0.2, 0.25) is 0 Å². The first-order valence-electron chi connectivity index (χ1n) is 6.75. The molecule has 4 nitrogen and oxygen atoms in total. The van der Waals surface area contributed by atoms with E-state index in [0.29, 0.717) is 16.1 Å². The number of amides is 1. The summed E-state index contributed by atoms with van der Waals surface area (Å²) in [6, 6.07) is 14.1. The van der Waals surface area contributed by atoms with Gasteiger partial charge in [-0.3, -0.25) is 9.59 Å².